The molecule has 0 aliphatic rings. The topological polar surface area (TPSA) is 21.3 Å². The van der Waals surface area contributed by atoms with Crippen molar-refractivity contribution in [1.29, 1.82) is 0 Å². The lowest BCUT2D eigenvalue weighted by atomic mass is 10.1. The molecule has 0 radical (unpaired) electrons. The fourth-order valence-corrected chi connectivity index (χ4v) is 2.56. The minimum atomic E-state index is 0.493. The molecule has 0 fully saturated rings. The summed E-state index contributed by atoms with van der Waals surface area (Å²) in [7, 11) is 1.77. The van der Waals surface area contributed by atoms with Gasteiger partial charge in [-0.05, 0) is 25.5 Å². The second kappa shape index (κ2) is 7.82. The number of ether oxygens (including phenoxy) is 1. The first-order chi connectivity index (χ1) is 7.76. The summed E-state index contributed by atoms with van der Waals surface area (Å²) in [5.74, 6) is 0. The maximum Gasteiger partial charge on any atom is 0.0615 e. The van der Waals surface area contributed by atoms with Crippen LogP contribution in [0.4, 0.5) is 0 Å². The Morgan fingerprint density at radius 1 is 1.44 bits per heavy atom. The molecule has 0 aliphatic carbocycles. The molecule has 1 aromatic rings. The zero-order valence-corrected chi connectivity index (χ0v) is 11.4. The normalized spacial score (nSPS) is 12.9. The molecule has 0 saturated heterocycles. The van der Waals surface area contributed by atoms with Crippen LogP contribution in [0.5, 0.6) is 0 Å². The zero-order chi connectivity index (χ0) is 11.8. The van der Waals surface area contributed by atoms with Gasteiger partial charge in [-0.15, -0.1) is 11.3 Å². The van der Waals surface area contributed by atoms with Gasteiger partial charge >= 0.3 is 0 Å². The highest BCUT2D eigenvalue weighted by atomic mass is 32.1. The summed E-state index contributed by atoms with van der Waals surface area (Å²) >= 11 is 1.87. The van der Waals surface area contributed by atoms with E-state index in [0.29, 0.717) is 6.04 Å². The highest BCUT2D eigenvalue weighted by molar-refractivity contribution is 7.11. The van der Waals surface area contributed by atoms with Gasteiger partial charge in [0.2, 0.25) is 0 Å². The molecule has 0 bridgehead atoms. The van der Waals surface area contributed by atoms with Gasteiger partial charge in [-0.2, -0.15) is 0 Å². The van der Waals surface area contributed by atoms with Crippen molar-refractivity contribution in [3.63, 3.8) is 0 Å². The smallest absolute Gasteiger partial charge is 0.0615 e. The average molecular weight is 241 g/mol. The molecule has 92 valence electrons. The Bertz CT molecular complexity index is 285. The zero-order valence-electron chi connectivity index (χ0n) is 10.6. The van der Waals surface area contributed by atoms with Crippen molar-refractivity contribution in [2.45, 2.75) is 45.7 Å². The van der Waals surface area contributed by atoms with E-state index in [1.165, 1.54) is 29.0 Å². The minimum absolute atomic E-state index is 0.493. The summed E-state index contributed by atoms with van der Waals surface area (Å²) in [5, 5.41) is 3.57. The van der Waals surface area contributed by atoms with Crippen LogP contribution in [0.15, 0.2) is 12.1 Å². The molecule has 16 heavy (non-hydrogen) atoms. The van der Waals surface area contributed by atoms with Crippen molar-refractivity contribution < 1.29 is 4.74 Å². The Kier molecular flexibility index (Phi) is 6.69. The van der Waals surface area contributed by atoms with Gasteiger partial charge in [0.15, 0.2) is 0 Å². The van der Waals surface area contributed by atoms with Crippen LogP contribution in [0.25, 0.3) is 0 Å². The second-order valence-corrected chi connectivity index (χ2v) is 5.56. The fraction of sp³-hybridized carbons (Fsp3) is 0.692. The predicted molar refractivity (Wildman–Crippen MR) is 71.1 cm³/mol. The second-order valence-electron chi connectivity index (χ2n) is 4.19. The standard InChI is InChI=1S/C13H23NOS/c1-4-5-6-12(10-15-3)14-9-13-8-7-11(2)16-13/h7-8,12,14H,4-6,9-10H2,1-3H3. The molecule has 3 heteroatoms. The molecule has 1 unspecified atom stereocenters. The Morgan fingerprint density at radius 2 is 2.25 bits per heavy atom. The Balaban J connectivity index is 2.30. The lowest BCUT2D eigenvalue weighted by Gasteiger charge is -2.17. The van der Waals surface area contributed by atoms with E-state index in [4.69, 9.17) is 4.74 Å². The van der Waals surface area contributed by atoms with Crippen molar-refractivity contribution in [3.8, 4) is 0 Å². The van der Waals surface area contributed by atoms with Crippen LogP contribution in [0.1, 0.15) is 35.9 Å². The van der Waals surface area contributed by atoms with Crippen LogP contribution in [-0.4, -0.2) is 19.8 Å². The molecule has 2 nitrogen and oxygen atoms in total. The van der Waals surface area contributed by atoms with Crippen LogP contribution in [-0.2, 0) is 11.3 Å². The molecule has 1 atom stereocenters. The third kappa shape index (κ3) is 5.10. The average Bonchev–Trinajstić information content (AvgIpc) is 2.68. The first kappa shape index (κ1) is 13.7. The number of methoxy groups -OCH3 is 1. The van der Waals surface area contributed by atoms with E-state index >= 15 is 0 Å². The van der Waals surface area contributed by atoms with Crippen LogP contribution in [0.3, 0.4) is 0 Å². The molecule has 0 amide bonds. The van der Waals surface area contributed by atoms with Crippen molar-refractivity contribution in [1.82, 2.24) is 5.32 Å². The monoisotopic (exact) mass is 241 g/mol. The highest BCUT2D eigenvalue weighted by Crippen LogP contribution is 2.15. The lowest BCUT2D eigenvalue weighted by Crippen LogP contribution is -2.32. The van der Waals surface area contributed by atoms with Gasteiger partial charge in [-0.1, -0.05) is 19.8 Å². The summed E-state index contributed by atoms with van der Waals surface area (Å²) in [4.78, 5) is 2.80. The summed E-state index contributed by atoms with van der Waals surface area (Å²) < 4.78 is 5.24. The molecule has 1 aromatic heterocycles. The van der Waals surface area contributed by atoms with Crippen LogP contribution in [0, 0.1) is 6.92 Å². The Morgan fingerprint density at radius 3 is 2.81 bits per heavy atom. The number of aryl methyl sites for hydroxylation is 1. The molecule has 0 saturated carbocycles. The third-order valence-electron chi connectivity index (χ3n) is 2.63. The van der Waals surface area contributed by atoms with Crippen LogP contribution < -0.4 is 5.32 Å². The maximum absolute atomic E-state index is 5.24. The molecule has 0 spiro atoms. The van der Waals surface area contributed by atoms with Gasteiger partial charge in [0, 0.05) is 29.5 Å². The lowest BCUT2D eigenvalue weighted by molar-refractivity contribution is 0.161. The summed E-state index contributed by atoms with van der Waals surface area (Å²) in [6.45, 7) is 6.16. The van der Waals surface area contributed by atoms with Crippen LogP contribution >= 0.6 is 11.3 Å². The third-order valence-corrected chi connectivity index (χ3v) is 3.64. The first-order valence-electron chi connectivity index (χ1n) is 6.04. The van der Waals surface area contributed by atoms with Gasteiger partial charge in [0.25, 0.3) is 0 Å². The number of hydrogen-bond acceptors (Lipinski definition) is 3. The molecule has 1 N–H and O–H groups in total. The first-order valence-corrected chi connectivity index (χ1v) is 6.85. The van der Waals surface area contributed by atoms with Crippen molar-refractivity contribution >= 4 is 11.3 Å². The quantitative estimate of drug-likeness (QED) is 0.753. The van der Waals surface area contributed by atoms with E-state index in [1.807, 2.05) is 11.3 Å². The minimum Gasteiger partial charge on any atom is -0.383 e. The summed E-state index contributed by atoms with van der Waals surface area (Å²) in [6.07, 6.45) is 3.72. The Hall–Kier alpha value is -0.380. The molecular formula is C13H23NOS. The highest BCUT2D eigenvalue weighted by Gasteiger charge is 2.07. The number of unbranched alkanes of at least 4 members (excludes halogenated alkanes) is 1. The number of nitrogens with one attached hydrogen (secondary N) is 1. The largest absolute Gasteiger partial charge is 0.383 e. The van der Waals surface area contributed by atoms with E-state index in [0.717, 1.165) is 13.2 Å². The van der Waals surface area contributed by atoms with Gasteiger partial charge in [-0.25, -0.2) is 0 Å². The van der Waals surface area contributed by atoms with E-state index in [1.54, 1.807) is 7.11 Å². The fourth-order valence-electron chi connectivity index (χ4n) is 1.72. The number of thiophene rings is 1. The molecular weight excluding hydrogens is 218 g/mol. The van der Waals surface area contributed by atoms with Gasteiger partial charge in [-0.3, -0.25) is 0 Å². The van der Waals surface area contributed by atoms with E-state index in [9.17, 15) is 0 Å². The number of rotatable bonds is 8. The van der Waals surface area contributed by atoms with Crippen molar-refractivity contribution in [3.05, 3.63) is 21.9 Å². The summed E-state index contributed by atoms with van der Waals surface area (Å²) in [5.41, 5.74) is 0. The Labute approximate surface area is 103 Å². The molecule has 1 heterocycles. The van der Waals surface area contributed by atoms with E-state index in [2.05, 4.69) is 31.3 Å². The van der Waals surface area contributed by atoms with Crippen molar-refractivity contribution in [2.24, 2.45) is 0 Å². The van der Waals surface area contributed by atoms with E-state index < -0.39 is 0 Å². The van der Waals surface area contributed by atoms with Gasteiger partial charge in [0.05, 0.1) is 6.61 Å². The maximum atomic E-state index is 5.24. The van der Waals surface area contributed by atoms with Gasteiger partial charge < -0.3 is 10.1 Å². The molecule has 1 rings (SSSR count). The SMILES string of the molecule is CCCCC(COC)NCc1ccc(C)s1. The summed E-state index contributed by atoms with van der Waals surface area (Å²) in [6, 6.07) is 4.88. The van der Waals surface area contributed by atoms with E-state index in [-0.39, 0.29) is 0 Å². The van der Waals surface area contributed by atoms with Gasteiger partial charge in [0.1, 0.15) is 0 Å². The van der Waals surface area contributed by atoms with Crippen LogP contribution in [0.2, 0.25) is 0 Å². The molecule has 0 aromatic carbocycles. The number of hydrogen-bond donors (Lipinski definition) is 1. The predicted octanol–water partition coefficient (Wildman–Crippen LogP) is 3.35. The molecule has 0 aliphatic heterocycles. The van der Waals surface area contributed by atoms with Crippen molar-refractivity contribution in [2.75, 3.05) is 13.7 Å².